The third kappa shape index (κ3) is 3.30. The van der Waals surface area contributed by atoms with Crippen molar-refractivity contribution < 1.29 is 18.1 Å². The number of hydrogen-bond acceptors (Lipinski definition) is 3. The highest BCUT2D eigenvalue weighted by Crippen LogP contribution is 2.37. The van der Waals surface area contributed by atoms with Gasteiger partial charge in [-0.1, -0.05) is 30.0 Å². The van der Waals surface area contributed by atoms with E-state index in [9.17, 15) is 23.3 Å². The Labute approximate surface area is 116 Å². The number of halogens is 3. The number of rotatable bonds is 3. The third-order valence-corrected chi connectivity index (χ3v) is 3.51. The number of para-hydroxylation sites is 1. The van der Waals surface area contributed by atoms with Gasteiger partial charge in [-0.3, -0.25) is 10.1 Å². The zero-order valence-electron chi connectivity index (χ0n) is 9.92. The van der Waals surface area contributed by atoms with Crippen LogP contribution in [0.15, 0.2) is 58.3 Å². The summed E-state index contributed by atoms with van der Waals surface area (Å²) in [6, 6.07) is 10.6. The van der Waals surface area contributed by atoms with Gasteiger partial charge < -0.3 is 0 Å². The topological polar surface area (TPSA) is 43.1 Å². The van der Waals surface area contributed by atoms with E-state index in [1.54, 1.807) is 6.07 Å². The quantitative estimate of drug-likeness (QED) is 0.606. The second kappa shape index (κ2) is 5.54. The molecule has 0 radical (unpaired) electrons. The Morgan fingerprint density at radius 3 is 2.40 bits per heavy atom. The molecule has 0 N–H and O–H groups in total. The molecule has 0 heterocycles. The van der Waals surface area contributed by atoms with Gasteiger partial charge in [-0.05, 0) is 24.3 Å². The largest absolute Gasteiger partial charge is 0.416 e. The van der Waals surface area contributed by atoms with Gasteiger partial charge in [0, 0.05) is 11.0 Å². The van der Waals surface area contributed by atoms with Gasteiger partial charge >= 0.3 is 6.18 Å². The van der Waals surface area contributed by atoms with E-state index in [2.05, 4.69) is 0 Å². The lowest BCUT2D eigenvalue weighted by Gasteiger charge is -2.08. The van der Waals surface area contributed by atoms with Gasteiger partial charge in [-0.2, -0.15) is 13.2 Å². The molecule has 20 heavy (non-hydrogen) atoms. The van der Waals surface area contributed by atoms with Crippen molar-refractivity contribution in [1.29, 1.82) is 0 Å². The van der Waals surface area contributed by atoms with E-state index in [0.717, 1.165) is 23.9 Å². The second-order valence-electron chi connectivity index (χ2n) is 3.85. The van der Waals surface area contributed by atoms with Crippen molar-refractivity contribution in [3.05, 3.63) is 64.2 Å². The van der Waals surface area contributed by atoms with Gasteiger partial charge in [0.25, 0.3) is 5.69 Å². The molecule has 0 amide bonds. The van der Waals surface area contributed by atoms with Crippen molar-refractivity contribution in [1.82, 2.24) is 0 Å². The summed E-state index contributed by atoms with van der Waals surface area (Å²) in [6.45, 7) is 0. The molecule has 0 aromatic heterocycles. The Hall–Kier alpha value is -2.02. The molecule has 0 bridgehead atoms. The first-order valence-electron chi connectivity index (χ1n) is 5.46. The zero-order valence-corrected chi connectivity index (χ0v) is 10.7. The molecule has 0 spiro atoms. The average molecular weight is 299 g/mol. The molecular weight excluding hydrogens is 291 g/mol. The number of nitro benzene ring substituents is 1. The summed E-state index contributed by atoms with van der Waals surface area (Å²) >= 11 is 0.931. The summed E-state index contributed by atoms with van der Waals surface area (Å²) in [5.74, 6) is 0. The molecular formula is C13H8F3NO2S. The highest BCUT2D eigenvalue weighted by atomic mass is 32.2. The van der Waals surface area contributed by atoms with Gasteiger partial charge in [0.2, 0.25) is 0 Å². The molecule has 104 valence electrons. The zero-order chi connectivity index (χ0) is 14.8. The van der Waals surface area contributed by atoms with Crippen LogP contribution in [0.4, 0.5) is 18.9 Å². The molecule has 0 aliphatic carbocycles. The average Bonchev–Trinajstić information content (AvgIpc) is 2.38. The maximum absolute atomic E-state index is 12.6. The van der Waals surface area contributed by atoms with Gasteiger partial charge in [-0.25, -0.2) is 0 Å². The molecule has 0 aliphatic rings. The minimum atomic E-state index is -4.43. The van der Waals surface area contributed by atoms with E-state index in [4.69, 9.17) is 0 Å². The molecule has 0 unspecified atom stereocenters. The van der Waals surface area contributed by atoms with Crippen LogP contribution < -0.4 is 0 Å². The predicted molar refractivity (Wildman–Crippen MR) is 68.7 cm³/mol. The van der Waals surface area contributed by atoms with E-state index < -0.39 is 16.7 Å². The van der Waals surface area contributed by atoms with Crippen LogP contribution in [-0.2, 0) is 6.18 Å². The fourth-order valence-corrected chi connectivity index (χ4v) is 2.54. The van der Waals surface area contributed by atoms with Gasteiger partial charge in [-0.15, -0.1) is 0 Å². The Kier molecular flexibility index (Phi) is 3.99. The Bertz CT molecular complexity index is 644. The van der Waals surface area contributed by atoms with E-state index in [1.807, 2.05) is 0 Å². The summed E-state index contributed by atoms with van der Waals surface area (Å²) in [7, 11) is 0. The molecule has 0 atom stereocenters. The highest BCUT2D eigenvalue weighted by molar-refractivity contribution is 7.99. The Balaban J connectivity index is 2.34. The van der Waals surface area contributed by atoms with Crippen molar-refractivity contribution in [2.75, 3.05) is 0 Å². The maximum atomic E-state index is 12.6. The third-order valence-electron chi connectivity index (χ3n) is 2.45. The highest BCUT2D eigenvalue weighted by Gasteiger charge is 2.30. The maximum Gasteiger partial charge on any atom is 0.416 e. The molecule has 0 fully saturated rings. The molecule has 2 rings (SSSR count). The molecule has 2 aromatic carbocycles. The fourth-order valence-electron chi connectivity index (χ4n) is 1.56. The summed E-state index contributed by atoms with van der Waals surface area (Å²) < 4.78 is 37.8. The Morgan fingerprint density at radius 1 is 1.05 bits per heavy atom. The van der Waals surface area contributed by atoms with Crippen LogP contribution in [-0.4, -0.2) is 4.92 Å². The molecule has 0 aliphatic heterocycles. The number of hydrogen-bond donors (Lipinski definition) is 0. The van der Waals surface area contributed by atoms with Gasteiger partial charge in [0.15, 0.2) is 0 Å². The lowest BCUT2D eigenvalue weighted by atomic mass is 10.2. The first-order chi connectivity index (χ1) is 9.38. The number of nitro groups is 1. The first kappa shape index (κ1) is 14.4. The van der Waals surface area contributed by atoms with Crippen molar-refractivity contribution in [2.45, 2.75) is 16.0 Å². The van der Waals surface area contributed by atoms with Crippen LogP contribution >= 0.6 is 11.8 Å². The normalized spacial score (nSPS) is 11.3. The number of alkyl halides is 3. The van der Waals surface area contributed by atoms with Crippen LogP contribution in [0.2, 0.25) is 0 Å². The van der Waals surface area contributed by atoms with Crippen LogP contribution in [0.1, 0.15) is 5.56 Å². The van der Waals surface area contributed by atoms with E-state index in [0.29, 0.717) is 9.79 Å². The summed E-state index contributed by atoms with van der Waals surface area (Å²) in [5, 5.41) is 10.9. The van der Waals surface area contributed by atoms with Crippen molar-refractivity contribution in [3.63, 3.8) is 0 Å². The summed E-state index contributed by atoms with van der Waals surface area (Å²) in [5.41, 5.74) is -0.906. The van der Waals surface area contributed by atoms with Crippen LogP contribution in [0.5, 0.6) is 0 Å². The molecule has 7 heteroatoms. The monoisotopic (exact) mass is 299 g/mol. The first-order valence-corrected chi connectivity index (χ1v) is 6.28. The summed E-state index contributed by atoms with van der Waals surface area (Å²) in [4.78, 5) is 10.9. The molecule has 3 nitrogen and oxygen atoms in total. The van der Waals surface area contributed by atoms with Gasteiger partial charge in [0.05, 0.1) is 15.4 Å². The van der Waals surface area contributed by atoms with Crippen LogP contribution in [0.25, 0.3) is 0 Å². The minimum Gasteiger partial charge on any atom is -0.258 e. The van der Waals surface area contributed by atoms with E-state index in [1.165, 1.54) is 30.3 Å². The van der Waals surface area contributed by atoms with Crippen molar-refractivity contribution in [3.8, 4) is 0 Å². The van der Waals surface area contributed by atoms with E-state index in [-0.39, 0.29) is 5.69 Å². The summed E-state index contributed by atoms with van der Waals surface area (Å²) in [6.07, 6.45) is -4.43. The number of nitrogens with zero attached hydrogens (tertiary/aromatic N) is 1. The standard InChI is InChI=1S/C13H8F3NO2S/c14-13(15,16)9-4-3-5-10(8-9)20-12-7-2-1-6-11(12)17(18)19/h1-8H. The van der Waals surface area contributed by atoms with Crippen LogP contribution in [0, 0.1) is 10.1 Å². The lowest BCUT2D eigenvalue weighted by molar-refractivity contribution is -0.387. The smallest absolute Gasteiger partial charge is 0.258 e. The Morgan fingerprint density at radius 2 is 1.75 bits per heavy atom. The molecule has 0 saturated carbocycles. The van der Waals surface area contributed by atoms with Gasteiger partial charge in [0.1, 0.15) is 0 Å². The minimum absolute atomic E-state index is 0.130. The van der Waals surface area contributed by atoms with E-state index >= 15 is 0 Å². The second-order valence-corrected chi connectivity index (χ2v) is 4.97. The van der Waals surface area contributed by atoms with Crippen molar-refractivity contribution >= 4 is 17.4 Å². The fraction of sp³-hybridized carbons (Fsp3) is 0.0769. The SMILES string of the molecule is O=[N+]([O-])c1ccccc1Sc1cccc(C(F)(F)F)c1. The molecule has 0 saturated heterocycles. The predicted octanol–water partition coefficient (Wildman–Crippen LogP) is 4.76. The van der Waals surface area contributed by atoms with Crippen LogP contribution in [0.3, 0.4) is 0 Å². The lowest BCUT2D eigenvalue weighted by Crippen LogP contribution is -2.04. The molecule has 2 aromatic rings. The number of benzene rings is 2. The van der Waals surface area contributed by atoms with Crippen molar-refractivity contribution in [2.24, 2.45) is 0 Å².